The van der Waals surface area contributed by atoms with Crippen LogP contribution in [0.1, 0.15) is 30.5 Å². The number of fused-ring (bicyclic) bond motifs is 1. The SMILES string of the molecule is Cc1cc(Cl)cc(-c2ncnn3cc(CN(C)C(=O)/C=C\N(C=O)C(C)C)cc23)c1CC1CNCCO1. The van der Waals surface area contributed by atoms with E-state index in [-0.39, 0.29) is 18.1 Å². The van der Waals surface area contributed by atoms with Gasteiger partial charge in [0.05, 0.1) is 23.9 Å². The molecule has 2 amide bonds. The number of ether oxygens (including phenoxy) is 1. The number of aryl methyl sites for hydroxylation is 1. The van der Waals surface area contributed by atoms with Gasteiger partial charge in [-0.1, -0.05) is 11.6 Å². The summed E-state index contributed by atoms with van der Waals surface area (Å²) in [7, 11) is 1.72. The highest BCUT2D eigenvalue weighted by atomic mass is 35.5. The van der Waals surface area contributed by atoms with Crippen LogP contribution in [0.3, 0.4) is 0 Å². The molecule has 0 spiro atoms. The first kappa shape index (κ1) is 26.8. The average molecular weight is 525 g/mol. The number of hydrogen-bond donors (Lipinski definition) is 1. The lowest BCUT2D eigenvalue weighted by molar-refractivity contribution is -0.125. The number of nitrogens with zero attached hydrogens (tertiary/aromatic N) is 5. The summed E-state index contributed by atoms with van der Waals surface area (Å²) in [5, 5.41) is 8.43. The van der Waals surface area contributed by atoms with Crippen molar-refractivity contribution in [3.8, 4) is 11.3 Å². The number of rotatable bonds is 9. The first-order valence-electron chi connectivity index (χ1n) is 12.4. The summed E-state index contributed by atoms with van der Waals surface area (Å²) in [6.45, 7) is 8.54. The Morgan fingerprint density at radius 2 is 2.16 bits per heavy atom. The van der Waals surface area contributed by atoms with E-state index in [4.69, 9.17) is 16.3 Å². The predicted molar refractivity (Wildman–Crippen MR) is 143 cm³/mol. The number of amides is 2. The number of hydrogen-bond acceptors (Lipinski definition) is 6. The Hall–Kier alpha value is -3.27. The molecule has 0 radical (unpaired) electrons. The number of nitrogens with one attached hydrogen (secondary N) is 1. The van der Waals surface area contributed by atoms with Gasteiger partial charge in [0, 0.05) is 68.2 Å². The second kappa shape index (κ2) is 11.9. The van der Waals surface area contributed by atoms with Crippen molar-refractivity contribution < 1.29 is 14.3 Å². The van der Waals surface area contributed by atoms with E-state index in [0.717, 1.165) is 53.0 Å². The van der Waals surface area contributed by atoms with Crippen LogP contribution >= 0.6 is 11.6 Å². The molecule has 1 atom stereocenters. The molecule has 1 unspecified atom stereocenters. The van der Waals surface area contributed by atoms with E-state index in [1.54, 1.807) is 16.5 Å². The molecule has 37 heavy (non-hydrogen) atoms. The van der Waals surface area contributed by atoms with E-state index in [1.165, 1.54) is 23.5 Å². The van der Waals surface area contributed by atoms with Crippen LogP contribution < -0.4 is 5.32 Å². The summed E-state index contributed by atoms with van der Waals surface area (Å²) in [6.07, 6.45) is 7.85. The maximum Gasteiger partial charge on any atom is 0.248 e. The summed E-state index contributed by atoms with van der Waals surface area (Å²) in [5.41, 5.74) is 5.68. The van der Waals surface area contributed by atoms with Crippen LogP contribution in [0.15, 0.2) is 43.0 Å². The lowest BCUT2D eigenvalue weighted by atomic mass is 9.94. The number of carbonyl (C=O) groups is 2. The molecule has 1 saturated heterocycles. The molecule has 10 heteroatoms. The van der Waals surface area contributed by atoms with Gasteiger partial charge < -0.3 is 19.9 Å². The van der Waals surface area contributed by atoms with Gasteiger partial charge in [0.15, 0.2) is 0 Å². The van der Waals surface area contributed by atoms with Gasteiger partial charge in [0.2, 0.25) is 12.3 Å². The number of morpholine rings is 1. The Kier molecular flexibility index (Phi) is 8.58. The van der Waals surface area contributed by atoms with E-state index in [1.807, 2.05) is 38.2 Å². The Morgan fingerprint density at radius 1 is 1.35 bits per heavy atom. The van der Waals surface area contributed by atoms with Crippen molar-refractivity contribution in [1.82, 2.24) is 29.7 Å². The standard InChI is InChI=1S/C27H33ClN6O3/c1-18(2)33(17-35)7-5-26(36)32(4)14-20-10-25-27(30-16-31-34(25)15-20)24-11-21(28)9-19(3)23(24)12-22-13-29-6-8-37-22/h5,7,9-11,15-18,22,29H,6,8,12-14H2,1-4H3/b7-5-. The molecule has 1 N–H and O–H groups in total. The van der Waals surface area contributed by atoms with Crippen molar-refractivity contribution in [2.75, 3.05) is 26.7 Å². The van der Waals surface area contributed by atoms with E-state index >= 15 is 0 Å². The number of halogens is 1. The quantitative estimate of drug-likeness (QED) is 0.341. The summed E-state index contributed by atoms with van der Waals surface area (Å²) in [4.78, 5) is 31.5. The fourth-order valence-electron chi connectivity index (χ4n) is 4.47. The number of benzene rings is 1. The Bertz CT molecular complexity index is 1300. The molecule has 3 aromatic rings. The Morgan fingerprint density at radius 3 is 2.86 bits per heavy atom. The number of carbonyl (C=O) groups excluding carboxylic acids is 2. The van der Waals surface area contributed by atoms with Gasteiger partial charge in [-0.25, -0.2) is 9.50 Å². The van der Waals surface area contributed by atoms with Crippen LogP contribution in [0.5, 0.6) is 0 Å². The van der Waals surface area contributed by atoms with Gasteiger partial charge in [0.25, 0.3) is 0 Å². The molecule has 2 aromatic heterocycles. The molecule has 9 nitrogen and oxygen atoms in total. The van der Waals surface area contributed by atoms with Crippen LogP contribution in [0, 0.1) is 6.92 Å². The molecule has 1 aliphatic rings. The van der Waals surface area contributed by atoms with Crippen LogP contribution in [0.4, 0.5) is 0 Å². The van der Waals surface area contributed by atoms with Crippen LogP contribution in [0.2, 0.25) is 5.02 Å². The lowest BCUT2D eigenvalue weighted by Gasteiger charge is -2.25. The minimum Gasteiger partial charge on any atom is -0.375 e. The smallest absolute Gasteiger partial charge is 0.248 e. The van der Waals surface area contributed by atoms with Crippen LogP contribution in [-0.4, -0.2) is 75.6 Å². The molecule has 0 bridgehead atoms. The third-order valence-electron chi connectivity index (χ3n) is 6.49. The molecular formula is C27H33ClN6O3. The van der Waals surface area contributed by atoms with Gasteiger partial charge in [-0.3, -0.25) is 9.59 Å². The van der Waals surface area contributed by atoms with Gasteiger partial charge >= 0.3 is 0 Å². The summed E-state index contributed by atoms with van der Waals surface area (Å²) in [5.74, 6) is -0.206. The molecule has 1 fully saturated rings. The molecule has 1 aliphatic heterocycles. The highest BCUT2D eigenvalue weighted by Crippen LogP contribution is 2.33. The zero-order chi connectivity index (χ0) is 26.5. The summed E-state index contributed by atoms with van der Waals surface area (Å²) < 4.78 is 7.75. The fraction of sp³-hybridized carbons (Fsp3) is 0.407. The minimum atomic E-state index is -0.206. The molecule has 0 aliphatic carbocycles. The zero-order valence-corrected chi connectivity index (χ0v) is 22.4. The first-order valence-corrected chi connectivity index (χ1v) is 12.7. The van der Waals surface area contributed by atoms with Crippen molar-refractivity contribution in [2.45, 2.75) is 45.9 Å². The van der Waals surface area contributed by atoms with E-state index < -0.39 is 0 Å². The molecule has 1 aromatic carbocycles. The van der Waals surface area contributed by atoms with Gasteiger partial charge in [0.1, 0.15) is 6.33 Å². The molecular weight excluding hydrogens is 492 g/mol. The largest absolute Gasteiger partial charge is 0.375 e. The Labute approximate surface area is 222 Å². The molecule has 0 saturated carbocycles. The zero-order valence-electron chi connectivity index (χ0n) is 21.6. The van der Waals surface area contributed by atoms with E-state index in [0.29, 0.717) is 24.6 Å². The third-order valence-corrected chi connectivity index (χ3v) is 6.71. The second-order valence-corrected chi connectivity index (χ2v) is 10.0. The lowest BCUT2D eigenvalue weighted by Crippen LogP contribution is -2.39. The number of likely N-dealkylation sites (N-methyl/N-ethyl adjacent to an activating group) is 1. The monoisotopic (exact) mass is 524 g/mol. The van der Waals surface area contributed by atoms with Crippen molar-refractivity contribution in [3.63, 3.8) is 0 Å². The average Bonchev–Trinajstić information content (AvgIpc) is 3.28. The summed E-state index contributed by atoms with van der Waals surface area (Å²) >= 11 is 6.49. The van der Waals surface area contributed by atoms with Gasteiger partial charge in [-0.05, 0) is 55.7 Å². The summed E-state index contributed by atoms with van der Waals surface area (Å²) in [6, 6.07) is 5.88. The topological polar surface area (TPSA) is 92.1 Å². The van der Waals surface area contributed by atoms with E-state index in [9.17, 15) is 9.59 Å². The minimum absolute atomic E-state index is 0.0263. The molecule has 3 heterocycles. The number of aromatic nitrogens is 3. The van der Waals surface area contributed by atoms with Crippen LogP contribution in [0.25, 0.3) is 16.8 Å². The predicted octanol–water partition coefficient (Wildman–Crippen LogP) is 3.23. The van der Waals surface area contributed by atoms with Crippen molar-refractivity contribution in [1.29, 1.82) is 0 Å². The van der Waals surface area contributed by atoms with Crippen molar-refractivity contribution in [2.24, 2.45) is 0 Å². The maximum atomic E-state index is 12.6. The third kappa shape index (κ3) is 6.36. The fourth-order valence-corrected chi connectivity index (χ4v) is 4.74. The molecule has 196 valence electrons. The normalized spacial score (nSPS) is 16.0. The van der Waals surface area contributed by atoms with Crippen LogP contribution in [-0.2, 0) is 27.3 Å². The highest BCUT2D eigenvalue weighted by Gasteiger charge is 2.21. The first-order chi connectivity index (χ1) is 17.8. The highest BCUT2D eigenvalue weighted by molar-refractivity contribution is 6.31. The van der Waals surface area contributed by atoms with Crippen molar-refractivity contribution >= 4 is 29.4 Å². The molecule has 4 rings (SSSR count). The second-order valence-electron chi connectivity index (χ2n) is 9.59. The maximum absolute atomic E-state index is 12.6. The van der Waals surface area contributed by atoms with Gasteiger partial charge in [-0.15, -0.1) is 0 Å². The van der Waals surface area contributed by atoms with Gasteiger partial charge in [-0.2, -0.15) is 5.10 Å². The van der Waals surface area contributed by atoms with Crippen molar-refractivity contribution in [3.05, 3.63) is 64.7 Å². The van der Waals surface area contributed by atoms with E-state index in [2.05, 4.69) is 22.3 Å². The Balaban J connectivity index is 1.62.